The van der Waals surface area contributed by atoms with Gasteiger partial charge < -0.3 is 0 Å². The quantitative estimate of drug-likeness (QED) is 0.391. The van der Waals surface area contributed by atoms with Crippen LogP contribution in [0.15, 0.2) is 36.7 Å². The molecule has 0 unspecified atom stereocenters. The predicted octanol–water partition coefficient (Wildman–Crippen LogP) is 5.27. The second-order valence-corrected chi connectivity index (χ2v) is 6.76. The Kier molecular flexibility index (Phi) is 4.79. The minimum absolute atomic E-state index is 0.155. The van der Waals surface area contributed by atoms with Crippen molar-refractivity contribution in [3.05, 3.63) is 36.7 Å². The summed E-state index contributed by atoms with van der Waals surface area (Å²) in [6, 6.07) is 10.3. The number of nitrogens with zero attached hydrogens (tertiary/aromatic N) is 3. The maximum absolute atomic E-state index is 10.7. The Morgan fingerprint density at radius 2 is 1.39 bits per heavy atom. The van der Waals surface area contributed by atoms with Gasteiger partial charge in [0, 0.05) is 18.6 Å². The van der Waals surface area contributed by atoms with Gasteiger partial charge in [0.1, 0.15) is 0 Å². The van der Waals surface area contributed by atoms with Crippen molar-refractivity contribution in [3.8, 4) is 12.1 Å². The molecular weight excluding hydrogens is 343 g/mol. The molecule has 1 aromatic rings. The number of pyridine rings is 1. The molecule has 0 radical (unpaired) electrons. The first-order chi connectivity index (χ1) is 10.3. The molecule has 0 aliphatic heterocycles. The first-order valence-corrected chi connectivity index (χ1v) is 8.34. The SMILES string of the molecule is F[P-](F)(F)(F)(F)F.N#C[C@H]1CC=C([n+]2ccccc2)C[C@@H]1C#N. The third kappa shape index (κ3) is 8.80. The zero-order chi connectivity index (χ0) is 17.8. The number of nitriles is 2. The summed E-state index contributed by atoms with van der Waals surface area (Å²) in [6.45, 7) is 0. The average Bonchev–Trinajstić information content (AvgIpc) is 2.44. The molecule has 1 aromatic heterocycles. The number of aromatic nitrogens is 1. The Hall–Kier alpha value is -2.12. The van der Waals surface area contributed by atoms with Crippen molar-refractivity contribution in [2.75, 3.05) is 0 Å². The summed E-state index contributed by atoms with van der Waals surface area (Å²) in [6.07, 6.45) is 7.32. The van der Waals surface area contributed by atoms with E-state index in [1.54, 1.807) is 0 Å². The van der Waals surface area contributed by atoms with Crippen LogP contribution < -0.4 is 4.57 Å². The van der Waals surface area contributed by atoms with E-state index in [4.69, 9.17) is 10.5 Å². The van der Waals surface area contributed by atoms with Crippen molar-refractivity contribution in [1.82, 2.24) is 0 Å². The van der Waals surface area contributed by atoms with E-state index in [1.807, 2.05) is 35.2 Å². The van der Waals surface area contributed by atoms with Crippen LogP contribution >= 0.6 is 7.81 Å². The van der Waals surface area contributed by atoms with Crippen molar-refractivity contribution < 1.29 is 29.7 Å². The molecule has 0 saturated heterocycles. The van der Waals surface area contributed by atoms with E-state index < -0.39 is 7.81 Å². The van der Waals surface area contributed by atoms with Crippen molar-refractivity contribution in [2.24, 2.45) is 11.8 Å². The van der Waals surface area contributed by atoms with Crippen LogP contribution in [0.3, 0.4) is 0 Å². The molecule has 0 saturated carbocycles. The van der Waals surface area contributed by atoms with Gasteiger partial charge >= 0.3 is 33.0 Å². The normalized spacial score (nSPS) is 23.7. The summed E-state index contributed by atoms with van der Waals surface area (Å²) in [4.78, 5) is 0. The van der Waals surface area contributed by atoms with Gasteiger partial charge in [0.25, 0.3) is 0 Å². The van der Waals surface area contributed by atoms with E-state index in [0.29, 0.717) is 12.8 Å². The van der Waals surface area contributed by atoms with Crippen LogP contribution in [-0.2, 0) is 0 Å². The van der Waals surface area contributed by atoms with Crippen LogP contribution in [0.1, 0.15) is 12.8 Å². The topological polar surface area (TPSA) is 51.5 Å². The van der Waals surface area contributed by atoms with E-state index in [-0.39, 0.29) is 11.8 Å². The monoisotopic (exact) mass is 355 g/mol. The summed E-state index contributed by atoms with van der Waals surface area (Å²) in [7, 11) is -10.7. The fourth-order valence-electron chi connectivity index (χ4n) is 1.96. The zero-order valence-electron chi connectivity index (χ0n) is 11.6. The molecule has 1 aliphatic rings. The largest absolute Gasteiger partial charge is 0.198 e. The molecule has 1 aliphatic carbocycles. The Labute approximate surface area is 128 Å². The van der Waals surface area contributed by atoms with Gasteiger partial charge in [-0.25, -0.2) is 0 Å². The fourth-order valence-corrected chi connectivity index (χ4v) is 1.96. The smallest absolute Gasteiger partial charge is 0.184 e. The molecule has 0 aromatic carbocycles. The fraction of sp³-hybridized carbons (Fsp3) is 0.308. The molecule has 23 heavy (non-hydrogen) atoms. The van der Waals surface area contributed by atoms with Crippen LogP contribution in [0.5, 0.6) is 0 Å². The van der Waals surface area contributed by atoms with Gasteiger partial charge in [-0.1, -0.05) is 6.07 Å². The maximum atomic E-state index is 9.87. The summed E-state index contributed by atoms with van der Waals surface area (Å²) >= 11 is 0. The molecular formula is C13H12F6N3P. The second-order valence-electron chi connectivity index (χ2n) is 4.85. The van der Waals surface area contributed by atoms with Crippen LogP contribution in [-0.4, -0.2) is 0 Å². The molecule has 0 amide bonds. The van der Waals surface area contributed by atoms with Crippen molar-refractivity contribution in [3.63, 3.8) is 0 Å². The van der Waals surface area contributed by atoms with Gasteiger partial charge in [-0.2, -0.15) is 15.1 Å². The maximum Gasteiger partial charge on any atom is 0.184 e. The first-order valence-electron chi connectivity index (χ1n) is 6.31. The van der Waals surface area contributed by atoms with Crippen LogP contribution in [0.2, 0.25) is 0 Å². The summed E-state index contributed by atoms with van der Waals surface area (Å²) in [5, 5.41) is 17.9. The summed E-state index contributed by atoms with van der Waals surface area (Å²) in [5.74, 6) is -0.337. The number of rotatable bonds is 1. The summed E-state index contributed by atoms with van der Waals surface area (Å²) in [5.41, 5.74) is 1.11. The molecule has 0 N–H and O–H groups in total. The molecule has 10 heteroatoms. The van der Waals surface area contributed by atoms with Gasteiger partial charge in [0.15, 0.2) is 18.1 Å². The molecule has 0 bridgehead atoms. The van der Waals surface area contributed by atoms with E-state index in [1.165, 1.54) is 0 Å². The van der Waals surface area contributed by atoms with Crippen molar-refractivity contribution in [1.29, 1.82) is 10.5 Å². The Balaban J connectivity index is 0.000000322. The number of hydrogen-bond acceptors (Lipinski definition) is 2. The van der Waals surface area contributed by atoms with E-state index in [2.05, 4.69) is 18.2 Å². The average molecular weight is 355 g/mol. The third-order valence-corrected chi connectivity index (χ3v) is 2.90. The molecule has 3 nitrogen and oxygen atoms in total. The van der Waals surface area contributed by atoms with Gasteiger partial charge in [-0.15, -0.1) is 0 Å². The molecule has 0 fully saturated rings. The number of allylic oxidation sites excluding steroid dienone is 2. The molecule has 1 heterocycles. The minimum atomic E-state index is -10.7. The van der Waals surface area contributed by atoms with Gasteiger partial charge in [-0.05, 0) is 12.5 Å². The Morgan fingerprint density at radius 3 is 1.83 bits per heavy atom. The first kappa shape index (κ1) is 18.9. The molecule has 0 spiro atoms. The van der Waals surface area contributed by atoms with Gasteiger partial charge in [0.2, 0.25) is 0 Å². The predicted molar refractivity (Wildman–Crippen MR) is 71.9 cm³/mol. The molecule has 2 rings (SSSR count). The standard InChI is InChI=1S/C13H12N3.F6P/c14-9-11-4-5-13(8-12(11)10-15)16-6-2-1-3-7-16;1-7(2,3,4,5)6/h1-3,5-7,11-12H,4,8H2;/q+1;-1/t11-,12-;/m1./s1. The Bertz CT molecular complexity index is 658. The van der Waals surface area contributed by atoms with Gasteiger partial charge in [-0.3, -0.25) is 0 Å². The second kappa shape index (κ2) is 5.82. The summed E-state index contributed by atoms with van der Waals surface area (Å²) < 4.78 is 61.2. The molecule has 2 atom stereocenters. The van der Waals surface area contributed by atoms with Crippen LogP contribution in [0, 0.1) is 34.5 Å². The van der Waals surface area contributed by atoms with Crippen LogP contribution in [0.25, 0.3) is 5.70 Å². The molecule has 126 valence electrons. The Morgan fingerprint density at radius 1 is 0.913 bits per heavy atom. The van der Waals surface area contributed by atoms with E-state index in [9.17, 15) is 25.2 Å². The zero-order valence-corrected chi connectivity index (χ0v) is 12.5. The van der Waals surface area contributed by atoms with Crippen LogP contribution in [0.4, 0.5) is 25.2 Å². The van der Waals surface area contributed by atoms with Crippen molar-refractivity contribution in [2.45, 2.75) is 12.8 Å². The van der Waals surface area contributed by atoms with E-state index in [0.717, 1.165) is 5.70 Å². The third-order valence-electron chi connectivity index (χ3n) is 2.90. The van der Waals surface area contributed by atoms with Crippen molar-refractivity contribution >= 4 is 13.5 Å². The van der Waals surface area contributed by atoms with Gasteiger partial charge in [0.05, 0.1) is 24.0 Å². The number of hydrogen-bond donors (Lipinski definition) is 0. The number of halogens is 6. The van der Waals surface area contributed by atoms with E-state index >= 15 is 0 Å². The minimum Gasteiger partial charge on any atom is -0.198 e.